The Kier molecular flexibility index (Phi) is 57.9. The van der Waals surface area contributed by atoms with Crippen LogP contribution in [0.5, 0.6) is 0 Å². The highest BCUT2D eigenvalue weighted by atomic mass is 31.2. The number of phosphoric ester groups is 2. The molecule has 0 saturated heterocycles. The van der Waals surface area contributed by atoms with E-state index in [1.165, 1.54) is 109 Å². The van der Waals surface area contributed by atoms with Crippen LogP contribution in [0, 0.1) is 17.8 Å². The number of allylic oxidation sites excluding steroid dienone is 4. The largest absolute Gasteiger partial charge is 0.472 e. The molecule has 7 atom stereocenters. The molecule has 0 aromatic heterocycles. The van der Waals surface area contributed by atoms with E-state index in [0.29, 0.717) is 31.6 Å². The lowest BCUT2D eigenvalue weighted by Gasteiger charge is -2.21. The van der Waals surface area contributed by atoms with Crippen LogP contribution in [-0.2, 0) is 65.4 Å². The summed E-state index contributed by atoms with van der Waals surface area (Å²) in [5.74, 6) is 0.0584. The van der Waals surface area contributed by atoms with Crippen LogP contribution in [0.2, 0.25) is 0 Å². The second-order valence-corrected chi connectivity index (χ2v) is 28.1. The Balaban J connectivity index is 5.30. The minimum Gasteiger partial charge on any atom is -0.462 e. The molecule has 0 saturated carbocycles. The van der Waals surface area contributed by atoms with Crippen molar-refractivity contribution in [3.8, 4) is 0 Å². The molecule has 3 N–H and O–H groups in total. The van der Waals surface area contributed by atoms with Crippen LogP contribution < -0.4 is 0 Å². The van der Waals surface area contributed by atoms with E-state index < -0.39 is 97.5 Å². The Morgan fingerprint density at radius 2 is 0.670 bits per heavy atom. The number of hydrogen-bond donors (Lipinski definition) is 3. The molecule has 0 bridgehead atoms. The molecule has 4 unspecified atom stereocenters. The number of carbonyl (C=O) groups is 4. The van der Waals surface area contributed by atoms with Gasteiger partial charge in [-0.2, -0.15) is 0 Å². The number of ether oxygens (including phenoxy) is 4. The van der Waals surface area contributed by atoms with Gasteiger partial charge in [0.2, 0.25) is 0 Å². The van der Waals surface area contributed by atoms with Crippen molar-refractivity contribution < 1.29 is 80.2 Å². The van der Waals surface area contributed by atoms with Crippen molar-refractivity contribution in [1.82, 2.24) is 0 Å². The maximum atomic E-state index is 13.0. The van der Waals surface area contributed by atoms with Crippen molar-refractivity contribution >= 4 is 39.5 Å². The molecule has 0 amide bonds. The number of aliphatic hydroxyl groups is 1. The van der Waals surface area contributed by atoms with E-state index in [0.717, 1.165) is 121 Å². The molecule has 0 spiro atoms. The van der Waals surface area contributed by atoms with Gasteiger partial charge in [0.1, 0.15) is 19.3 Å². The van der Waals surface area contributed by atoms with Crippen molar-refractivity contribution in [2.24, 2.45) is 17.8 Å². The molecule has 0 radical (unpaired) electrons. The summed E-state index contributed by atoms with van der Waals surface area (Å²) in [6, 6.07) is 0. The number of aliphatic hydroxyl groups excluding tert-OH is 1. The van der Waals surface area contributed by atoms with Gasteiger partial charge in [-0.1, -0.05) is 265 Å². The quantitative estimate of drug-likeness (QED) is 0.0169. The van der Waals surface area contributed by atoms with E-state index in [1.807, 2.05) is 0 Å². The average Bonchev–Trinajstić information content (AvgIpc) is 3.68. The van der Waals surface area contributed by atoms with E-state index >= 15 is 0 Å². The highest BCUT2D eigenvalue weighted by molar-refractivity contribution is 7.47. The number of unbranched alkanes of at least 4 members (excludes halogenated alkanes) is 28. The number of phosphoric acid groups is 2. The minimum absolute atomic E-state index is 0.0839. The summed E-state index contributed by atoms with van der Waals surface area (Å²) in [7, 11) is -9.91. The Labute approximate surface area is 535 Å². The molecule has 0 aliphatic rings. The molecule has 0 heterocycles. The fourth-order valence-electron chi connectivity index (χ4n) is 9.76. The van der Waals surface area contributed by atoms with Gasteiger partial charge < -0.3 is 33.8 Å². The van der Waals surface area contributed by atoms with E-state index in [9.17, 15) is 43.2 Å². The maximum absolute atomic E-state index is 13.0. The Bertz CT molecular complexity index is 1830. The third-order valence-corrected chi connectivity index (χ3v) is 17.9. The van der Waals surface area contributed by atoms with E-state index in [1.54, 1.807) is 0 Å². The normalized spacial score (nSPS) is 15.0. The van der Waals surface area contributed by atoms with Crippen LogP contribution in [0.25, 0.3) is 0 Å². The monoisotopic (exact) mass is 1290 g/mol. The van der Waals surface area contributed by atoms with Crippen molar-refractivity contribution in [1.29, 1.82) is 0 Å². The second kappa shape index (κ2) is 59.5. The number of esters is 4. The van der Waals surface area contributed by atoms with E-state index in [-0.39, 0.29) is 25.7 Å². The Morgan fingerprint density at radius 1 is 0.375 bits per heavy atom. The van der Waals surface area contributed by atoms with Crippen LogP contribution in [0.1, 0.15) is 318 Å². The Morgan fingerprint density at radius 3 is 1.01 bits per heavy atom. The summed E-state index contributed by atoms with van der Waals surface area (Å²) in [5, 5.41) is 10.6. The standard InChI is InChI=1S/C69H130O17P2/c1-8-11-12-13-14-15-16-17-18-19-20-21-29-38-45-52-68(73)85-64(56-79-66(71)50-43-36-28-25-23-27-34-41-48-61(6)9-2)58-83-87(75,76)81-54-63(70)55-82-88(77,78)84-59-65(57-80-67(72)51-44-37-32-31-35-42-49-62(7)10-3)86-69(74)53-46-39-30-24-22-26-33-40-47-60(4)5/h15-18,60-65,70H,8-14,19-59H2,1-7H3,(H,75,76)(H,77,78)/b16-15-,18-17-/t61?,62?,63-,64-,65-/m1/s1. The molecule has 518 valence electrons. The zero-order chi connectivity index (χ0) is 65.2. The topological polar surface area (TPSA) is 237 Å². The number of rotatable bonds is 65. The average molecular weight is 1290 g/mol. The lowest BCUT2D eigenvalue weighted by atomic mass is 9.99. The van der Waals surface area contributed by atoms with Crippen LogP contribution in [0.15, 0.2) is 24.3 Å². The van der Waals surface area contributed by atoms with Gasteiger partial charge in [0.15, 0.2) is 12.2 Å². The van der Waals surface area contributed by atoms with Crippen molar-refractivity contribution in [3.05, 3.63) is 24.3 Å². The smallest absolute Gasteiger partial charge is 0.462 e. The highest BCUT2D eigenvalue weighted by Gasteiger charge is 2.30. The molecule has 0 aromatic rings. The molecular formula is C69H130O17P2. The third kappa shape index (κ3) is 59.8. The van der Waals surface area contributed by atoms with Crippen molar-refractivity contribution in [2.45, 2.75) is 336 Å². The number of carbonyl (C=O) groups excluding carboxylic acids is 4. The second-order valence-electron chi connectivity index (χ2n) is 25.2. The molecule has 19 heteroatoms. The van der Waals surface area contributed by atoms with Gasteiger partial charge in [-0.05, 0) is 69.1 Å². The summed E-state index contributed by atoms with van der Waals surface area (Å²) in [4.78, 5) is 72.4. The molecule has 0 fully saturated rings. The zero-order valence-corrected chi connectivity index (χ0v) is 58.5. The third-order valence-electron chi connectivity index (χ3n) is 16.0. The fraction of sp³-hybridized carbons (Fsp3) is 0.884. The van der Waals surface area contributed by atoms with Gasteiger partial charge in [0.25, 0.3) is 0 Å². The molecule has 17 nitrogen and oxygen atoms in total. The van der Waals surface area contributed by atoms with Crippen LogP contribution in [0.4, 0.5) is 0 Å². The highest BCUT2D eigenvalue weighted by Crippen LogP contribution is 2.45. The maximum Gasteiger partial charge on any atom is 0.472 e. The van der Waals surface area contributed by atoms with E-state index in [2.05, 4.69) is 72.8 Å². The molecule has 0 aromatic carbocycles. The minimum atomic E-state index is -4.96. The lowest BCUT2D eigenvalue weighted by molar-refractivity contribution is -0.161. The molecule has 0 aliphatic carbocycles. The fourth-order valence-corrected chi connectivity index (χ4v) is 11.3. The summed E-state index contributed by atoms with van der Waals surface area (Å²) >= 11 is 0. The van der Waals surface area contributed by atoms with Gasteiger partial charge in [-0.25, -0.2) is 9.13 Å². The van der Waals surface area contributed by atoms with Crippen LogP contribution >= 0.6 is 15.6 Å². The predicted molar refractivity (Wildman–Crippen MR) is 354 cm³/mol. The van der Waals surface area contributed by atoms with Crippen molar-refractivity contribution in [3.63, 3.8) is 0 Å². The van der Waals surface area contributed by atoms with Crippen LogP contribution in [-0.4, -0.2) is 96.7 Å². The lowest BCUT2D eigenvalue weighted by Crippen LogP contribution is -2.30. The first-order chi connectivity index (χ1) is 42.3. The summed E-state index contributed by atoms with van der Waals surface area (Å²) in [5.41, 5.74) is 0. The predicted octanol–water partition coefficient (Wildman–Crippen LogP) is 19.0. The Hall–Kier alpha value is -2.46. The van der Waals surface area contributed by atoms with Crippen molar-refractivity contribution in [2.75, 3.05) is 39.6 Å². The molecule has 88 heavy (non-hydrogen) atoms. The zero-order valence-electron chi connectivity index (χ0n) is 56.7. The van der Waals surface area contributed by atoms with Gasteiger partial charge in [0.05, 0.1) is 26.4 Å². The summed E-state index contributed by atoms with van der Waals surface area (Å²) in [6.07, 6.45) is 45.3. The number of hydrogen-bond acceptors (Lipinski definition) is 15. The first-order valence-electron chi connectivity index (χ1n) is 35.2. The van der Waals surface area contributed by atoms with Gasteiger partial charge in [0, 0.05) is 25.7 Å². The van der Waals surface area contributed by atoms with E-state index in [4.69, 9.17) is 37.0 Å². The molecule has 0 rings (SSSR count). The summed E-state index contributed by atoms with van der Waals surface area (Å²) < 4.78 is 68.2. The van der Waals surface area contributed by atoms with Gasteiger partial charge in [-0.15, -0.1) is 0 Å². The van der Waals surface area contributed by atoms with Gasteiger partial charge in [-0.3, -0.25) is 37.3 Å². The molecule has 0 aliphatic heterocycles. The van der Waals surface area contributed by atoms with Crippen LogP contribution in [0.3, 0.4) is 0 Å². The van der Waals surface area contributed by atoms with Gasteiger partial charge >= 0.3 is 39.5 Å². The molecular weight excluding hydrogens is 1160 g/mol. The SMILES string of the molecule is CCCCCC/C=C\C=C/CCCCCCCC(=O)O[C@H](COC(=O)CCCCCCCCCCC(C)CC)COP(=O)(O)OC[C@@H](O)COP(=O)(O)OC[C@@H](COC(=O)CCCCCCCCC(C)CC)OC(=O)CCCCCCCCCCC(C)C. The summed E-state index contributed by atoms with van der Waals surface area (Å²) in [6.45, 7) is 11.7. The first-order valence-corrected chi connectivity index (χ1v) is 38.2. The first kappa shape index (κ1) is 85.5.